The Kier molecular flexibility index (Phi) is 7.72. The third kappa shape index (κ3) is 5.99. The van der Waals surface area contributed by atoms with Gasteiger partial charge in [-0.15, -0.1) is 0 Å². The number of benzene rings is 2. The van der Waals surface area contributed by atoms with Crippen molar-refractivity contribution >= 4 is 29.1 Å². The molecule has 0 bridgehead atoms. The predicted molar refractivity (Wildman–Crippen MR) is 141 cm³/mol. The first kappa shape index (κ1) is 24.6. The number of carbonyl (C=O) groups is 1. The Hall–Kier alpha value is -3.10. The van der Waals surface area contributed by atoms with Crippen molar-refractivity contribution in [3.63, 3.8) is 0 Å². The van der Waals surface area contributed by atoms with Crippen molar-refractivity contribution in [2.75, 3.05) is 32.7 Å². The molecule has 0 saturated carbocycles. The van der Waals surface area contributed by atoms with E-state index in [1.165, 1.54) is 0 Å². The van der Waals surface area contributed by atoms with Crippen molar-refractivity contribution in [1.29, 1.82) is 0 Å². The van der Waals surface area contributed by atoms with Gasteiger partial charge in [-0.25, -0.2) is 4.68 Å². The van der Waals surface area contributed by atoms with E-state index in [1.54, 1.807) is 6.26 Å². The molecule has 1 saturated heterocycles. The Bertz CT molecular complexity index is 1300. The highest BCUT2D eigenvalue weighted by Gasteiger charge is 2.20. The second-order valence-corrected chi connectivity index (χ2v) is 9.64. The minimum absolute atomic E-state index is 0.0123. The molecule has 186 valence electrons. The second kappa shape index (κ2) is 11.3. The van der Waals surface area contributed by atoms with Crippen LogP contribution in [0.15, 0.2) is 77.4 Å². The molecule has 36 heavy (non-hydrogen) atoms. The number of aromatic nitrogens is 2. The summed E-state index contributed by atoms with van der Waals surface area (Å²) in [6.45, 7) is 4.98. The van der Waals surface area contributed by atoms with E-state index in [2.05, 4.69) is 15.1 Å². The number of furan rings is 1. The second-order valence-electron chi connectivity index (χ2n) is 8.82. The first-order chi connectivity index (χ1) is 17.5. The van der Waals surface area contributed by atoms with Crippen molar-refractivity contribution in [1.82, 2.24) is 24.9 Å². The summed E-state index contributed by atoms with van der Waals surface area (Å²) in [5, 5.41) is 8.89. The maximum Gasteiger partial charge on any atom is 0.234 e. The minimum Gasteiger partial charge on any atom is -0.463 e. The summed E-state index contributed by atoms with van der Waals surface area (Å²) in [6.07, 6.45) is 1.64. The number of hydrogen-bond donors (Lipinski definition) is 1. The zero-order chi connectivity index (χ0) is 24.9. The molecule has 5 rings (SSSR count). The van der Waals surface area contributed by atoms with Crippen molar-refractivity contribution in [3.05, 3.63) is 94.3 Å². The molecular weight excluding hydrogens is 497 g/mol. The van der Waals surface area contributed by atoms with Gasteiger partial charge < -0.3 is 9.73 Å². The van der Waals surface area contributed by atoms with Gasteiger partial charge in [0.2, 0.25) is 5.91 Å². The van der Waals surface area contributed by atoms with E-state index in [4.69, 9.17) is 32.7 Å². The van der Waals surface area contributed by atoms with Gasteiger partial charge in [-0.05, 0) is 48.0 Å². The number of halogens is 2. The number of piperazine rings is 1. The molecule has 7 nitrogen and oxygen atoms in total. The topological polar surface area (TPSA) is 66.5 Å². The first-order valence-electron chi connectivity index (χ1n) is 11.9. The average Bonchev–Trinajstić information content (AvgIpc) is 3.57. The summed E-state index contributed by atoms with van der Waals surface area (Å²) in [7, 11) is 0. The minimum atomic E-state index is -0.0123. The number of rotatable bonds is 8. The monoisotopic (exact) mass is 523 g/mol. The van der Waals surface area contributed by atoms with Gasteiger partial charge in [0, 0.05) is 32.7 Å². The lowest BCUT2D eigenvalue weighted by Crippen LogP contribution is -2.49. The van der Waals surface area contributed by atoms with E-state index < -0.39 is 0 Å². The zero-order valence-corrected chi connectivity index (χ0v) is 21.3. The number of hydrogen-bond acceptors (Lipinski definition) is 5. The molecule has 1 N–H and O–H groups in total. The van der Waals surface area contributed by atoms with Crippen LogP contribution in [0.4, 0.5) is 0 Å². The molecule has 2 aromatic carbocycles. The molecule has 0 spiro atoms. The van der Waals surface area contributed by atoms with Crippen molar-refractivity contribution in [2.24, 2.45) is 0 Å². The van der Waals surface area contributed by atoms with E-state index in [0.29, 0.717) is 23.1 Å². The van der Waals surface area contributed by atoms with Crippen LogP contribution in [0.1, 0.15) is 11.3 Å². The van der Waals surface area contributed by atoms with Crippen LogP contribution in [0.25, 0.3) is 17.1 Å². The molecule has 0 atom stereocenters. The summed E-state index contributed by atoms with van der Waals surface area (Å²) in [5.74, 6) is 0.712. The van der Waals surface area contributed by atoms with Crippen LogP contribution in [0.3, 0.4) is 0 Å². The van der Waals surface area contributed by atoms with Crippen LogP contribution < -0.4 is 5.32 Å². The Labute approximate surface area is 220 Å². The predicted octanol–water partition coefficient (Wildman–Crippen LogP) is 4.87. The van der Waals surface area contributed by atoms with E-state index >= 15 is 0 Å². The molecular formula is C27H27Cl2N5O2. The van der Waals surface area contributed by atoms with Gasteiger partial charge in [-0.2, -0.15) is 5.10 Å². The molecule has 2 aromatic heterocycles. The average molecular weight is 524 g/mol. The number of carbonyl (C=O) groups excluding carboxylic acids is 1. The van der Waals surface area contributed by atoms with Crippen molar-refractivity contribution in [3.8, 4) is 17.1 Å². The van der Waals surface area contributed by atoms with Crippen LogP contribution in [-0.2, 0) is 17.9 Å². The smallest absolute Gasteiger partial charge is 0.234 e. The van der Waals surface area contributed by atoms with Crippen LogP contribution in [0.5, 0.6) is 0 Å². The Morgan fingerprint density at radius 1 is 0.917 bits per heavy atom. The zero-order valence-electron chi connectivity index (χ0n) is 19.7. The highest BCUT2D eigenvalue weighted by atomic mass is 35.5. The highest BCUT2D eigenvalue weighted by Crippen LogP contribution is 2.25. The molecule has 9 heteroatoms. The fourth-order valence-electron chi connectivity index (χ4n) is 4.33. The molecule has 3 heterocycles. The summed E-state index contributed by atoms with van der Waals surface area (Å²) in [5.41, 5.74) is 3.68. The summed E-state index contributed by atoms with van der Waals surface area (Å²) < 4.78 is 7.45. The van der Waals surface area contributed by atoms with Crippen LogP contribution in [0, 0.1) is 0 Å². The third-order valence-electron chi connectivity index (χ3n) is 6.22. The number of nitrogens with one attached hydrogen (secondary N) is 1. The largest absolute Gasteiger partial charge is 0.463 e. The van der Waals surface area contributed by atoms with Gasteiger partial charge in [0.05, 0.1) is 40.8 Å². The lowest BCUT2D eigenvalue weighted by atomic mass is 10.2. The maximum atomic E-state index is 12.7. The summed E-state index contributed by atoms with van der Waals surface area (Å²) in [6, 6.07) is 21.3. The van der Waals surface area contributed by atoms with Gasteiger partial charge in [-0.3, -0.25) is 14.6 Å². The summed E-state index contributed by atoms with van der Waals surface area (Å²) in [4.78, 5) is 17.2. The van der Waals surface area contributed by atoms with Crippen LogP contribution in [0.2, 0.25) is 10.0 Å². The lowest BCUT2D eigenvalue weighted by Gasteiger charge is -2.34. The highest BCUT2D eigenvalue weighted by molar-refractivity contribution is 6.42. The fourth-order valence-corrected chi connectivity index (χ4v) is 4.65. The Morgan fingerprint density at radius 3 is 2.42 bits per heavy atom. The van der Waals surface area contributed by atoms with E-state index in [9.17, 15) is 4.79 Å². The molecule has 1 aliphatic rings. The number of amides is 1. The molecule has 1 aliphatic heterocycles. The van der Waals surface area contributed by atoms with E-state index in [-0.39, 0.29) is 5.91 Å². The molecule has 1 amide bonds. The lowest BCUT2D eigenvalue weighted by molar-refractivity contribution is -0.122. The molecule has 0 radical (unpaired) electrons. The number of nitrogens with zero attached hydrogens (tertiary/aromatic N) is 4. The molecule has 0 aliphatic carbocycles. The van der Waals surface area contributed by atoms with Crippen molar-refractivity contribution < 1.29 is 9.21 Å². The number of para-hydroxylation sites is 1. The molecule has 1 fully saturated rings. The van der Waals surface area contributed by atoms with Gasteiger partial charge in [-0.1, -0.05) is 47.5 Å². The van der Waals surface area contributed by atoms with Crippen LogP contribution in [-0.4, -0.2) is 58.2 Å². The van der Waals surface area contributed by atoms with Gasteiger partial charge in [0.1, 0.15) is 5.69 Å². The maximum absolute atomic E-state index is 12.7. The van der Waals surface area contributed by atoms with Gasteiger partial charge in [0.15, 0.2) is 5.76 Å². The first-order valence-corrected chi connectivity index (χ1v) is 12.6. The van der Waals surface area contributed by atoms with E-state index in [1.807, 2.05) is 71.4 Å². The Morgan fingerprint density at radius 2 is 1.69 bits per heavy atom. The molecule has 0 unspecified atom stereocenters. The fraction of sp³-hybridized carbons (Fsp3) is 0.259. The van der Waals surface area contributed by atoms with Gasteiger partial charge in [0.25, 0.3) is 0 Å². The van der Waals surface area contributed by atoms with Gasteiger partial charge >= 0.3 is 0 Å². The van der Waals surface area contributed by atoms with E-state index in [0.717, 1.165) is 61.1 Å². The van der Waals surface area contributed by atoms with Crippen molar-refractivity contribution in [2.45, 2.75) is 13.1 Å². The Balaban J connectivity index is 1.13. The normalized spacial score (nSPS) is 14.7. The summed E-state index contributed by atoms with van der Waals surface area (Å²) >= 11 is 12.2. The molecule has 4 aromatic rings. The van der Waals surface area contributed by atoms with Crippen LogP contribution >= 0.6 is 23.2 Å². The quantitative estimate of drug-likeness (QED) is 0.356. The SMILES string of the molecule is O=C(CN1CCN(Cc2ccc(Cl)c(Cl)c2)CC1)NCc1cc(-c2ccco2)n(-c2ccccc2)n1. The standard InChI is InChI=1S/C27H27Cl2N5O2/c28-23-9-8-20(15-24(23)29)18-32-10-12-33(13-11-32)19-27(35)30-17-21-16-25(26-7-4-14-36-26)34(31-21)22-5-2-1-3-6-22/h1-9,14-16H,10-13,17-19H2,(H,30,35). The third-order valence-corrected chi connectivity index (χ3v) is 6.96.